The molecule has 0 bridgehead atoms. The Morgan fingerprint density at radius 2 is 2.16 bits per heavy atom. The summed E-state index contributed by atoms with van der Waals surface area (Å²) in [5, 5.41) is 8.00. The summed E-state index contributed by atoms with van der Waals surface area (Å²) < 4.78 is 0. The second-order valence-electron chi connectivity index (χ2n) is 6.42. The summed E-state index contributed by atoms with van der Waals surface area (Å²) >= 11 is 1.84. The molecule has 1 saturated carbocycles. The fraction of sp³-hybridized carbons (Fsp3) is 0.765. The van der Waals surface area contributed by atoms with Crippen LogP contribution < -0.4 is 5.32 Å². The van der Waals surface area contributed by atoms with E-state index in [0.717, 1.165) is 5.92 Å². The predicted octanol–water partition coefficient (Wildman–Crippen LogP) is 4.88. The highest BCUT2D eigenvalue weighted by Gasteiger charge is 2.34. The van der Waals surface area contributed by atoms with E-state index in [1.54, 1.807) is 5.56 Å². The Morgan fingerprint density at radius 1 is 1.37 bits per heavy atom. The molecular weight excluding hydrogens is 250 g/mol. The SMILES string of the molecule is CCCCC1CCC(CNC)(Cc2ccsc2)CC1. The first kappa shape index (κ1) is 15.1. The van der Waals surface area contributed by atoms with Gasteiger partial charge in [-0.15, -0.1) is 0 Å². The Bertz CT molecular complexity index is 336. The van der Waals surface area contributed by atoms with E-state index in [4.69, 9.17) is 0 Å². The molecule has 0 saturated heterocycles. The van der Waals surface area contributed by atoms with Gasteiger partial charge in [-0.1, -0.05) is 26.2 Å². The van der Waals surface area contributed by atoms with Crippen LogP contribution in [0, 0.1) is 11.3 Å². The van der Waals surface area contributed by atoms with Gasteiger partial charge in [0.25, 0.3) is 0 Å². The van der Waals surface area contributed by atoms with Crippen molar-refractivity contribution in [2.75, 3.05) is 13.6 Å². The molecule has 2 rings (SSSR count). The molecule has 0 aromatic carbocycles. The van der Waals surface area contributed by atoms with Gasteiger partial charge in [0.05, 0.1) is 0 Å². The molecule has 1 fully saturated rings. The molecule has 1 aromatic rings. The summed E-state index contributed by atoms with van der Waals surface area (Å²) in [5.41, 5.74) is 2.07. The van der Waals surface area contributed by atoms with Gasteiger partial charge in [-0.25, -0.2) is 0 Å². The van der Waals surface area contributed by atoms with Crippen LogP contribution in [0.3, 0.4) is 0 Å². The molecule has 1 aliphatic rings. The quantitative estimate of drug-likeness (QED) is 0.750. The Kier molecular flexibility index (Phi) is 5.90. The van der Waals surface area contributed by atoms with Gasteiger partial charge in [-0.3, -0.25) is 0 Å². The van der Waals surface area contributed by atoms with Gasteiger partial charge in [-0.05, 0) is 72.9 Å². The zero-order valence-corrected chi connectivity index (χ0v) is 13.4. The van der Waals surface area contributed by atoms with Gasteiger partial charge in [0.2, 0.25) is 0 Å². The molecule has 1 nitrogen and oxygen atoms in total. The van der Waals surface area contributed by atoms with E-state index in [0.29, 0.717) is 5.41 Å². The highest BCUT2D eigenvalue weighted by molar-refractivity contribution is 7.07. The average molecular weight is 279 g/mol. The van der Waals surface area contributed by atoms with Gasteiger partial charge >= 0.3 is 0 Å². The Labute approximate surface area is 122 Å². The van der Waals surface area contributed by atoms with Crippen LogP contribution in [-0.2, 0) is 6.42 Å². The molecule has 1 heterocycles. The molecule has 0 unspecified atom stereocenters. The van der Waals surface area contributed by atoms with E-state index < -0.39 is 0 Å². The van der Waals surface area contributed by atoms with Gasteiger partial charge in [0, 0.05) is 6.54 Å². The van der Waals surface area contributed by atoms with Crippen LogP contribution in [0.25, 0.3) is 0 Å². The summed E-state index contributed by atoms with van der Waals surface area (Å²) in [7, 11) is 2.11. The number of hydrogen-bond acceptors (Lipinski definition) is 2. The van der Waals surface area contributed by atoms with Crippen LogP contribution in [0.4, 0.5) is 0 Å². The third kappa shape index (κ3) is 4.32. The lowest BCUT2D eigenvalue weighted by Gasteiger charge is -2.40. The highest BCUT2D eigenvalue weighted by atomic mass is 32.1. The maximum atomic E-state index is 3.45. The van der Waals surface area contributed by atoms with Gasteiger partial charge in [0.1, 0.15) is 0 Å². The van der Waals surface area contributed by atoms with Crippen molar-refractivity contribution in [3.8, 4) is 0 Å². The number of hydrogen-bond donors (Lipinski definition) is 1. The topological polar surface area (TPSA) is 12.0 Å². The van der Waals surface area contributed by atoms with Crippen LogP contribution in [-0.4, -0.2) is 13.6 Å². The Morgan fingerprint density at radius 3 is 2.74 bits per heavy atom. The van der Waals surface area contributed by atoms with E-state index >= 15 is 0 Å². The Balaban J connectivity index is 1.91. The molecule has 0 amide bonds. The molecule has 1 aliphatic carbocycles. The van der Waals surface area contributed by atoms with Crippen molar-refractivity contribution in [3.05, 3.63) is 22.4 Å². The van der Waals surface area contributed by atoms with E-state index in [1.165, 1.54) is 57.9 Å². The van der Waals surface area contributed by atoms with Gasteiger partial charge in [-0.2, -0.15) is 11.3 Å². The fourth-order valence-electron chi connectivity index (χ4n) is 3.69. The largest absolute Gasteiger partial charge is 0.319 e. The zero-order chi connectivity index (χ0) is 13.6. The molecule has 108 valence electrons. The van der Waals surface area contributed by atoms with Crippen molar-refractivity contribution in [3.63, 3.8) is 0 Å². The van der Waals surface area contributed by atoms with E-state index in [2.05, 4.69) is 36.1 Å². The second kappa shape index (κ2) is 7.44. The van der Waals surface area contributed by atoms with Crippen LogP contribution in [0.1, 0.15) is 57.4 Å². The molecule has 1 N–H and O–H groups in total. The van der Waals surface area contributed by atoms with Crippen molar-refractivity contribution in [1.82, 2.24) is 5.32 Å². The number of unbranched alkanes of at least 4 members (excludes halogenated alkanes) is 1. The number of thiophene rings is 1. The van der Waals surface area contributed by atoms with Crippen LogP contribution in [0.5, 0.6) is 0 Å². The molecule has 0 atom stereocenters. The van der Waals surface area contributed by atoms with Crippen LogP contribution in [0.2, 0.25) is 0 Å². The van der Waals surface area contributed by atoms with Gasteiger partial charge < -0.3 is 5.32 Å². The maximum absolute atomic E-state index is 3.45. The lowest BCUT2D eigenvalue weighted by atomic mass is 9.67. The normalized spacial score (nSPS) is 27.6. The summed E-state index contributed by atoms with van der Waals surface area (Å²) in [6, 6.07) is 2.31. The second-order valence-corrected chi connectivity index (χ2v) is 7.20. The summed E-state index contributed by atoms with van der Waals surface area (Å²) in [6.07, 6.45) is 11.2. The van der Waals surface area contributed by atoms with Crippen molar-refractivity contribution >= 4 is 11.3 Å². The molecule has 19 heavy (non-hydrogen) atoms. The molecule has 2 heteroatoms. The summed E-state index contributed by atoms with van der Waals surface area (Å²) in [4.78, 5) is 0. The number of rotatable bonds is 7. The molecule has 0 aliphatic heterocycles. The van der Waals surface area contributed by atoms with Crippen LogP contribution in [0.15, 0.2) is 16.8 Å². The van der Waals surface area contributed by atoms with Crippen molar-refractivity contribution in [1.29, 1.82) is 0 Å². The Hall–Kier alpha value is -0.340. The lowest BCUT2D eigenvalue weighted by Crippen LogP contribution is -2.38. The van der Waals surface area contributed by atoms with Crippen molar-refractivity contribution in [2.45, 2.75) is 58.3 Å². The van der Waals surface area contributed by atoms with Crippen LogP contribution >= 0.6 is 11.3 Å². The minimum atomic E-state index is 0.526. The fourth-order valence-corrected chi connectivity index (χ4v) is 4.36. The highest BCUT2D eigenvalue weighted by Crippen LogP contribution is 2.42. The van der Waals surface area contributed by atoms with Crippen molar-refractivity contribution in [2.24, 2.45) is 11.3 Å². The first-order valence-corrected chi connectivity index (χ1v) is 8.88. The molecular formula is C17H29NS. The average Bonchev–Trinajstić information content (AvgIpc) is 2.91. The number of nitrogens with one attached hydrogen (secondary N) is 1. The smallest absolute Gasteiger partial charge is 0.000800 e. The van der Waals surface area contributed by atoms with E-state index in [1.807, 2.05) is 11.3 Å². The molecule has 0 radical (unpaired) electrons. The minimum Gasteiger partial charge on any atom is -0.319 e. The van der Waals surface area contributed by atoms with E-state index in [9.17, 15) is 0 Å². The molecule has 1 aromatic heterocycles. The monoisotopic (exact) mass is 279 g/mol. The third-order valence-electron chi connectivity index (χ3n) is 4.84. The standard InChI is InChI=1S/C17H29NS/c1-3-4-5-15-6-9-17(10-7-15,14-18-2)12-16-8-11-19-13-16/h8,11,13,15,18H,3-7,9-10,12,14H2,1-2H3. The summed E-state index contributed by atoms with van der Waals surface area (Å²) in [6.45, 7) is 3.49. The van der Waals surface area contributed by atoms with Gasteiger partial charge in [0.15, 0.2) is 0 Å². The zero-order valence-electron chi connectivity index (χ0n) is 12.6. The third-order valence-corrected chi connectivity index (χ3v) is 5.57. The van der Waals surface area contributed by atoms with Crippen molar-refractivity contribution < 1.29 is 0 Å². The summed E-state index contributed by atoms with van der Waals surface area (Å²) in [5.74, 6) is 1.01. The first-order valence-electron chi connectivity index (χ1n) is 7.94. The first-order chi connectivity index (χ1) is 9.28. The van der Waals surface area contributed by atoms with E-state index in [-0.39, 0.29) is 0 Å². The lowest BCUT2D eigenvalue weighted by molar-refractivity contribution is 0.141. The molecule has 0 spiro atoms. The minimum absolute atomic E-state index is 0.526. The maximum Gasteiger partial charge on any atom is 0.000800 e. The predicted molar refractivity (Wildman–Crippen MR) is 85.9 cm³/mol.